The fourth-order valence-electron chi connectivity index (χ4n) is 4.62. The molecule has 0 saturated carbocycles. The zero-order valence-corrected chi connectivity index (χ0v) is 19.6. The van der Waals surface area contributed by atoms with Crippen LogP contribution in [0.3, 0.4) is 0 Å². The third-order valence-electron chi connectivity index (χ3n) is 6.63. The summed E-state index contributed by atoms with van der Waals surface area (Å²) in [5.74, 6) is -0.700. The summed E-state index contributed by atoms with van der Waals surface area (Å²) in [4.78, 5) is 35.7. The molecule has 1 aromatic heterocycles. The minimum absolute atomic E-state index is 0.0916. The molecule has 7 nitrogen and oxygen atoms in total. The monoisotopic (exact) mass is 453 g/mol. The van der Waals surface area contributed by atoms with E-state index in [1.807, 2.05) is 23.6 Å². The van der Waals surface area contributed by atoms with E-state index in [1.54, 1.807) is 12.1 Å². The maximum Gasteiger partial charge on any atom is 0.320 e. The fraction of sp³-hybridized carbons (Fsp3) is 0.480. The van der Waals surface area contributed by atoms with Crippen LogP contribution in [-0.4, -0.2) is 70.4 Å². The minimum Gasteiger partial charge on any atom is -0.325 e. The molecule has 2 fully saturated rings. The number of anilines is 1. The highest BCUT2D eigenvalue weighted by molar-refractivity contribution is 6.04. The lowest BCUT2D eigenvalue weighted by atomic mass is 10.0. The summed E-state index contributed by atoms with van der Waals surface area (Å²) >= 11 is 0. The van der Waals surface area contributed by atoms with Gasteiger partial charge in [0.05, 0.1) is 5.56 Å². The van der Waals surface area contributed by atoms with E-state index in [0.717, 1.165) is 55.8 Å². The number of amides is 3. The van der Waals surface area contributed by atoms with Gasteiger partial charge < -0.3 is 15.1 Å². The van der Waals surface area contributed by atoms with Crippen LogP contribution >= 0.6 is 0 Å². The van der Waals surface area contributed by atoms with Crippen LogP contribution in [0.2, 0.25) is 0 Å². The number of carbonyl (C=O) groups is 2. The largest absolute Gasteiger partial charge is 0.325 e. The van der Waals surface area contributed by atoms with Crippen molar-refractivity contribution in [2.24, 2.45) is 0 Å². The number of halogens is 1. The van der Waals surface area contributed by atoms with Crippen molar-refractivity contribution in [1.82, 2.24) is 19.7 Å². The van der Waals surface area contributed by atoms with E-state index in [4.69, 9.17) is 0 Å². The van der Waals surface area contributed by atoms with Crippen molar-refractivity contribution in [1.29, 1.82) is 0 Å². The standard InChI is InChI=1S/C25H32FN5O2/c1-17-6-7-20(14-27-17)24(32)28-23-13-22(26)12-21(19(23)3)16-29-10-11-31(18(2)15-29)25(33)30-8-4-5-9-30/h6-7,12-14,18H,4-5,8-11,15-16H2,1-3H3,(H,28,32). The van der Waals surface area contributed by atoms with Crippen LogP contribution in [0.1, 0.15) is 46.9 Å². The first kappa shape index (κ1) is 23.2. The van der Waals surface area contributed by atoms with Gasteiger partial charge in [-0.2, -0.15) is 0 Å². The van der Waals surface area contributed by atoms with Gasteiger partial charge in [0.2, 0.25) is 0 Å². The third kappa shape index (κ3) is 5.33. The van der Waals surface area contributed by atoms with Crippen LogP contribution in [0.5, 0.6) is 0 Å². The van der Waals surface area contributed by atoms with E-state index in [2.05, 4.69) is 22.1 Å². The van der Waals surface area contributed by atoms with Gasteiger partial charge in [-0.25, -0.2) is 9.18 Å². The summed E-state index contributed by atoms with van der Waals surface area (Å²) in [5, 5.41) is 2.83. The van der Waals surface area contributed by atoms with Gasteiger partial charge in [-0.05, 0) is 69.0 Å². The van der Waals surface area contributed by atoms with Crippen molar-refractivity contribution < 1.29 is 14.0 Å². The van der Waals surface area contributed by atoms with Crippen LogP contribution in [0, 0.1) is 19.7 Å². The average Bonchev–Trinajstić information content (AvgIpc) is 3.32. The highest BCUT2D eigenvalue weighted by atomic mass is 19.1. The van der Waals surface area contributed by atoms with Gasteiger partial charge in [0.25, 0.3) is 5.91 Å². The van der Waals surface area contributed by atoms with Crippen LogP contribution in [-0.2, 0) is 6.54 Å². The van der Waals surface area contributed by atoms with Gasteiger partial charge in [-0.3, -0.25) is 14.7 Å². The second-order valence-corrected chi connectivity index (χ2v) is 9.13. The second-order valence-electron chi connectivity index (χ2n) is 9.13. The van der Waals surface area contributed by atoms with Crippen molar-refractivity contribution in [3.63, 3.8) is 0 Å². The number of nitrogens with zero attached hydrogens (tertiary/aromatic N) is 4. The molecule has 1 unspecified atom stereocenters. The SMILES string of the molecule is Cc1ccc(C(=O)Nc2cc(F)cc(CN3CCN(C(=O)N4CCCC4)C(C)C3)c2C)cn1. The van der Waals surface area contributed by atoms with E-state index in [1.165, 1.54) is 18.3 Å². The molecule has 2 aliphatic heterocycles. The van der Waals surface area contributed by atoms with Crippen molar-refractivity contribution in [2.45, 2.75) is 46.2 Å². The Balaban J connectivity index is 1.42. The zero-order chi connectivity index (χ0) is 23.5. The molecule has 1 N–H and O–H groups in total. The predicted octanol–water partition coefficient (Wildman–Crippen LogP) is 3.81. The molecule has 3 heterocycles. The molecule has 1 atom stereocenters. The lowest BCUT2D eigenvalue weighted by Crippen LogP contribution is -2.56. The number of urea groups is 1. The minimum atomic E-state index is -0.385. The fourth-order valence-corrected chi connectivity index (χ4v) is 4.62. The first-order chi connectivity index (χ1) is 15.8. The molecular weight excluding hydrogens is 421 g/mol. The summed E-state index contributed by atoms with van der Waals surface area (Å²) in [6.07, 6.45) is 3.68. The Morgan fingerprint density at radius 3 is 2.55 bits per heavy atom. The number of rotatable bonds is 4. The Morgan fingerprint density at radius 1 is 1.12 bits per heavy atom. The van der Waals surface area contributed by atoms with Crippen molar-refractivity contribution in [3.05, 3.63) is 58.7 Å². The predicted molar refractivity (Wildman–Crippen MR) is 126 cm³/mol. The first-order valence-corrected chi connectivity index (χ1v) is 11.6. The van der Waals surface area contributed by atoms with Crippen LogP contribution in [0.4, 0.5) is 14.9 Å². The molecule has 2 aliphatic rings. The quantitative estimate of drug-likeness (QED) is 0.764. The average molecular weight is 454 g/mol. The van der Waals surface area contributed by atoms with E-state index in [9.17, 15) is 14.0 Å². The summed E-state index contributed by atoms with van der Waals surface area (Å²) in [5.41, 5.74) is 3.39. The van der Waals surface area contributed by atoms with Crippen molar-refractivity contribution in [3.8, 4) is 0 Å². The molecule has 0 aliphatic carbocycles. The Morgan fingerprint density at radius 2 is 1.88 bits per heavy atom. The lowest BCUT2D eigenvalue weighted by Gasteiger charge is -2.41. The molecule has 8 heteroatoms. The molecule has 0 spiro atoms. The highest BCUT2D eigenvalue weighted by Gasteiger charge is 2.31. The van der Waals surface area contributed by atoms with Gasteiger partial charge in [-0.15, -0.1) is 0 Å². The number of nitrogens with one attached hydrogen (secondary N) is 1. The van der Waals surface area contributed by atoms with E-state index in [0.29, 0.717) is 24.3 Å². The normalized spacial score (nSPS) is 19.1. The summed E-state index contributed by atoms with van der Waals surface area (Å²) < 4.78 is 14.4. The Bertz CT molecular complexity index is 1020. The molecule has 1 aromatic carbocycles. The third-order valence-corrected chi connectivity index (χ3v) is 6.63. The zero-order valence-electron chi connectivity index (χ0n) is 19.6. The molecule has 176 valence electrons. The number of piperazine rings is 1. The molecule has 33 heavy (non-hydrogen) atoms. The second kappa shape index (κ2) is 9.87. The highest BCUT2D eigenvalue weighted by Crippen LogP contribution is 2.25. The van der Waals surface area contributed by atoms with Crippen LogP contribution in [0.15, 0.2) is 30.5 Å². The maximum atomic E-state index is 14.4. The lowest BCUT2D eigenvalue weighted by molar-refractivity contribution is 0.0814. The number of likely N-dealkylation sites (tertiary alicyclic amines) is 1. The Labute approximate surface area is 194 Å². The molecule has 2 saturated heterocycles. The van der Waals surface area contributed by atoms with Crippen LogP contribution in [0.25, 0.3) is 0 Å². The van der Waals surface area contributed by atoms with Crippen molar-refractivity contribution >= 4 is 17.6 Å². The number of pyridine rings is 1. The van der Waals surface area contributed by atoms with E-state index >= 15 is 0 Å². The maximum absolute atomic E-state index is 14.4. The van der Waals surface area contributed by atoms with Gasteiger partial charge in [0.1, 0.15) is 5.82 Å². The van der Waals surface area contributed by atoms with E-state index in [-0.39, 0.29) is 23.8 Å². The summed E-state index contributed by atoms with van der Waals surface area (Å²) in [6, 6.07) is 6.59. The number of aryl methyl sites for hydroxylation is 1. The van der Waals surface area contributed by atoms with Gasteiger partial charge in [0.15, 0.2) is 0 Å². The van der Waals surface area contributed by atoms with Gasteiger partial charge >= 0.3 is 6.03 Å². The molecule has 0 radical (unpaired) electrons. The number of hydrogen-bond donors (Lipinski definition) is 1. The van der Waals surface area contributed by atoms with Gasteiger partial charge in [0, 0.05) is 62.9 Å². The summed E-state index contributed by atoms with van der Waals surface area (Å²) in [7, 11) is 0. The molecule has 3 amide bonds. The Kier molecular flexibility index (Phi) is 6.93. The molecule has 2 aromatic rings. The molecule has 0 bridgehead atoms. The first-order valence-electron chi connectivity index (χ1n) is 11.6. The summed E-state index contributed by atoms with van der Waals surface area (Å²) in [6.45, 7) is 10.2. The number of hydrogen-bond acceptors (Lipinski definition) is 4. The number of benzene rings is 1. The molecule has 4 rings (SSSR count). The number of carbonyl (C=O) groups excluding carboxylic acids is 2. The number of aromatic nitrogens is 1. The smallest absolute Gasteiger partial charge is 0.320 e. The van der Waals surface area contributed by atoms with E-state index < -0.39 is 0 Å². The van der Waals surface area contributed by atoms with Crippen molar-refractivity contribution in [2.75, 3.05) is 38.0 Å². The Hall–Kier alpha value is -3.00. The van der Waals surface area contributed by atoms with Crippen LogP contribution < -0.4 is 5.32 Å². The molecular formula is C25H32FN5O2. The van der Waals surface area contributed by atoms with Gasteiger partial charge in [-0.1, -0.05) is 0 Å². The topological polar surface area (TPSA) is 68.8 Å².